The third-order valence-corrected chi connectivity index (χ3v) is 9.30. The number of ether oxygens (including phenoxy) is 1. The molecule has 0 saturated carbocycles. The average Bonchev–Trinajstić information content (AvgIpc) is 3.35. The highest BCUT2D eigenvalue weighted by atomic mass is 35.5. The van der Waals surface area contributed by atoms with Gasteiger partial charge in [0.25, 0.3) is 5.56 Å². The van der Waals surface area contributed by atoms with Crippen LogP contribution in [0.1, 0.15) is 26.4 Å². The zero-order valence-electron chi connectivity index (χ0n) is 21.8. The van der Waals surface area contributed by atoms with Crippen LogP contribution in [0.4, 0.5) is 0 Å². The molecule has 1 aliphatic heterocycles. The maximum absolute atomic E-state index is 14.1. The number of methoxy groups -OCH3 is 1. The van der Waals surface area contributed by atoms with Crippen molar-refractivity contribution in [3.8, 4) is 11.4 Å². The summed E-state index contributed by atoms with van der Waals surface area (Å²) < 4.78 is 6.95. The number of aromatic nitrogens is 2. The molecule has 0 spiro atoms. The van der Waals surface area contributed by atoms with E-state index < -0.39 is 0 Å². The lowest BCUT2D eigenvalue weighted by Crippen LogP contribution is -2.30. The van der Waals surface area contributed by atoms with E-state index in [4.69, 9.17) is 21.3 Å². The van der Waals surface area contributed by atoms with Gasteiger partial charge in [0.05, 0.1) is 23.9 Å². The standard InChI is InChI=1S/C31H26ClN3O3S2/c1-38-24-13-11-23(12-14-24)35-30(37)28-25-15-16-34(17-20-5-3-2-4-6-20)18-27(25)40-29(28)33-31(35)39-19-26(36)21-7-9-22(32)10-8-21/h2-14H,15-19H2,1H3. The Hall–Kier alpha value is -3.43. The van der Waals surface area contributed by atoms with Gasteiger partial charge in [-0.15, -0.1) is 11.3 Å². The molecule has 6 rings (SSSR count). The smallest absolute Gasteiger partial charge is 0.267 e. The van der Waals surface area contributed by atoms with E-state index >= 15 is 0 Å². The Morgan fingerprint density at radius 3 is 2.52 bits per heavy atom. The first-order valence-corrected chi connectivity index (χ1v) is 15.1. The minimum atomic E-state index is -0.106. The highest BCUT2D eigenvalue weighted by Crippen LogP contribution is 2.35. The zero-order chi connectivity index (χ0) is 27.6. The third-order valence-electron chi connectivity index (χ3n) is 7.00. The van der Waals surface area contributed by atoms with Crippen LogP contribution in [-0.2, 0) is 19.5 Å². The van der Waals surface area contributed by atoms with E-state index in [-0.39, 0.29) is 17.1 Å². The van der Waals surface area contributed by atoms with Gasteiger partial charge < -0.3 is 4.74 Å². The molecule has 6 nitrogen and oxygen atoms in total. The molecule has 0 saturated heterocycles. The minimum Gasteiger partial charge on any atom is -0.497 e. The summed E-state index contributed by atoms with van der Waals surface area (Å²) in [5.41, 5.74) is 3.52. The summed E-state index contributed by atoms with van der Waals surface area (Å²) in [4.78, 5) is 36.4. The number of thiophene rings is 1. The van der Waals surface area contributed by atoms with Gasteiger partial charge in [-0.2, -0.15) is 0 Å². The molecule has 0 fully saturated rings. The molecule has 1 aliphatic rings. The van der Waals surface area contributed by atoms with Crippen molar-refractivity contribution in [2.75, 3.05) is 19.4 Å². The normalized spacial score (nSPS) is 13.3. The van der Waals surface area contributed by atoms with Crippen LogP contribution in [-0.4, -0.2) is 39.6 Å². The van der Waals surface area contributed by atoms with Crippen molar-refractivity contribution in [3.63, 3.8) is 0 Å². The summed E-state index contributed by atoms with van der Waals surface area (Å²) in [6, 6.07) is 24.6. The topological polar surface area (TPSA) is 64.4 Å². The monoisotopic (exact) mass is 587 g/mol. The lowest BCUT2D eigenvalue weighted by atomic mass is 10.0. The van der Waals surface area contributed by atoms with Crippen molar-refractivity contribution >= 4 is 50.7 Å². The molecule has 0 N–H and O–H groups in total. The number of carbonyl (C=O) groups excluding carboxylic acids is 1. The fraction of sp³-hybridized carbons (Fsp3) is 0.194. The van der Waals surface area contributed by atoms with Crippen molar-refractivity contribution in [1.29, 1.82) is 0 Å². The first kappa shape index (κ1) is 26.8. The van der Waals surface area contributed by atoms with E-state index in [2.05, 4.69) is 29.2 Å². The van der Waals surface area contributed by atoms with E-state index in [0.717, 1.165) is 36.4 Å². The average molecular weight is 588 g/mol. The van der Waals surface area contributed by atoms with Gasteiger partial charge in [-0.1, -0.05) is 53.7 Å². The molecule has 202 valence electrons. The van der Waals surface area contributed by atoms with Crippen molar-refractivity contribution < 1.29 is 9.53 Å². The molecule has 3 aromatic carbocycles. The molecule has 2 aromatic heterocycles. The van der Waals surface area contributed by atoms with Crippen LogP contribution < -0.4 is 10.3 Å². The lowest BCUT2D eigenvalue weighted by Gasteiger charge is -2.26. The van der Waals surface area contributed by atoms with Crippen molar-refractivity contribution in [1.82, 2.24) is 14.5 Å². The summed E-state index contributed by atoms with van der Waals surface area (Å²) >= 11 is 8.85. The number of benzene rings is 3. The zero-order valence-corrected chi connectivity index (χ0v) is 24.2. The second-order valence-electron chi connectivity index (χ2n) is 9.58. The third kappa shape index (κ3) is 5.45. The second-order valence-corrected chi connectivity index (χ2v) is 12.0. The minimum absolute atomic E-state index is 0.0562. The second kappa shape index (κ2) is 11.6. The summed E-state index contributed by atoms with van der Waals surface area (Å²) in [5, 5.41) is 1.75. The molecule has 5 aromatic rings. The van der Waals surface area contributed by atoms with Gasteiger partial charge >= 0.3 is 0 Å². The molecule has 9 heteroatoms. The number of hydrogen-bond donors (Lipinski definition) is 0. The van der Waals surface area contributed by atoms with Crippen molar-refractivity contribution in [3.05, 3.63) is 116 Å². The number of Topliss-reactive ketones (excluding diaryl/α,β-unsaturated/α-hetero) is 1. The first-order valence-electron chi connectivity index (χ1n) is 12.9. The van der Waals surface area contributed by atoms with E-state index in [0.29, 0.717) is 32.6 Å². The van der Waals surface area contributed by atoms with E-state index in [1.54, 1.807) is 47.3 Å². The number of halogens is 1. The van der Waals surface area contributed by atoms with Gasteiger partial charge in [0, 0.05) is 35.1 Å². The van der Waals surface area contributed by atoms with Gasteiger partial charge in [0.1, 0.15) is 10.6 Å². The first-order chi connectivity index (χ1) is 19.5. The molecule has 0 amide bonds. The maximum atomic E-state index is 14.1. The van der Waals surface area contributed by atoms with Crippen molar-refractivity contribution in [2.24, 2.45) is 0 Å². The number of fused-ring (bicyclic) bond motifs is 3. The Morgan fingerprint density at radius 2 is 1.80 bits per heavy atom. The number of rotatable bonds is 8. The molecule has 0 bridgehead atoms. The highest BCUT2D eigenvalue weighted by molar-refractivity contribution is 7.99. The molecule has 0 radical (unpaired) electrons. The van der Waals surface area contributed by atoms with Crippen molar-refractivity contribution in [2.45, 2.75) is 24.7 Å². The number of ketones is 1. The van der Waals surface area contributed by atoms with Crippen LogP contribution in [0.3, 0.4) is 0 Å². The van der Waals surface area contributed by atoms with Gasteiger partial charge in [0.15, 0.2) is 10.9 Å². The molecule has 40 heavy (non-hydrogen) atoms. The number of hydrogen-bond acceptors (Lipinski definition) is 7. The summed E-state index contributed by atoms with van der Waals surface area (Å²) in [6.07, 6.45) is 0.795. The molecule has 0 unspecified atom stereocenters. The fourth-order valence-electron chi connectivity index (χ4n) is 4.96. The molecule has 0 atom stereocenters. The summed E-state index contributed by atoms with van der Waals surface area (Å²) in [7, 11) is 1.61. The van der Waals surface area contributed by atoms with E-state index in [1.165, 1.54) is 22.2 Å². The van der Waals surface area contributed by atoms with Crippen LogP contribution in [0.15, 0.2) is 88.8 Å². The molecular formula is C31H26ClN3O3S2. The van der Waals surface area contributed by atoms with Crippen LogP contribution in [0.2, 0.25) is 5.02 Å². The Kier molecular flexibility index (Phi) is 7.76. The maximum Gasteiger partial charge on any atom is 0.267 e. The lowest BCUT2D eigenvalue weighted by molar-refractivity contribution is 0.102. The quantitative estimate of drug-likeness (QED) is 0.115. The summed E-state index contributed by atoms with van der Waals surface area (Å²) in [6.45, 7) is 2.53. The Balaban J connectivity index is 1.37. The van der Waals surface area contributed by atoms with Gasteiger partial charge in [-0.05, 0) is 66.1 Å². The predicted molar refractivity (Wildman–Crippen MR) is 163 cm³/mol. The molecule has 0 aliphatic carbocycles. The number of carbonyl (C=O) groups is 1. The Labute approximate surface area is 245 Å². The van der Waals surface area contributed by atoms with Gasteiger partial charge in [-0.25, -0.2) is 4.98 Å². The van der Waals surface area contributed by atoms with Gasteiger partial charge in [0.2, 0.25) is 0 Å². The van der Waals surface area contributed by atoms with E-state index in [1.807, 2.05) is 30.3 Å². The number of nitrogens with zero attached hydrogens (tertiary/aromatic N) is 3. The SMILES string of the molecule is COc1ccc(-n2c(SCC(=O)c3ccc(Cl)cc3)nc3sc4c(c3c2=O)CCN(Cc2ccccc2)C4)cc1. The van der Waals surface area contributed by atoms with Crippen LogP contribution in [0.5, 0.6) is 5.75 Å². The summed E-state index contributed by atoms with van der Waals surface area (Å²) in [5.74, 6) is 0.787. The van der Waals surface area contributed by atoms with Crippen LogP contribution in [0, 0.1) is 0 Å². The molecular weight excluding hydrogens is 562 g/mol. The predicted octanol–water partition coefficient (Wildman–Crippen LogP) is 6.64. The van der Waals surface area contributed by atoms with Gasteiger partial charge in [-0.3, -0.25) is 19.1 Å². The fourth-order valence-corrected chi connectivity index (χ4v) is 7.29. The number of thioether (sulfide) groups is 1. The largest absolute Gasteiger partial charge is 0.497 e. The Bertz CT molecular complexity index is 1730. The molecule has 3 heterocycles. The van der Waals surface area contributed by atoms with Crippen LogP contribution in [0.25, 0.3) is 15.9 Å². The highest BCUT2D eigenvalue weighted by Gasteiger charge is 2.26. The Morgan fingerprint density at radius 1 is 1.05 bits per heavy atom. The van der Waals surface area contributed by atoms with Crippen LogP contribution >= 0.6 is 34.7 Å². The van der Waals surface area contributed by atoms with E-state index in [9.17, 15) is 9.59 Å².